The molecule has 0 radical (unpaired) electrons. The fourth-order valence-corrected chi connectivity index (χ4v) is 2.96. The summed E-state index contributed by atoms with van der Waals surface area (Å²) in [5.41, 5.74) is 1.14. The third-order valence-electron chi connectivity index (χ3n) is 4.46. The van der Waals surface area contributed by atoms with E-state index >= 15 is 0 Å². The van der Waals surface area contributed by atoms with Crippen LogP contribution in [0.1, 0.15) is 39.2 Å². The average molecular weight is 368 g/mol. The molecule has 1 aromatic carbocycles. The Hall–Kier alpha value is -1.02. The fraction of sp³-hybridized carbons (Fsp3) is 0.700. The van der Waals surface area contributed by atoms with E-state index in [-0.39, 0.29) is 18.6 Å². The lowest BCUT2D eigenvalue weighted by atomic mass is 9.91. The van der Waals surface area contributed by atoms with Gasteiger partial charge in [-0.25, -0.2) is 0 Å². The predicted octanol–water partition coefficient (Wildman–Crippen LogP) is 1.85. The van der Waals surface area contributed by atoms with Crippen LogP contribution >= 0.6 is 0 Å². The van der Waals surface area contributed by atoms with Crippen LogP contribution in [0.25, 0.3) is 0 Å². The highest BCUT2D eigenvalue weighted by atomic mass is 16.7. The number of benzene rings is 1. The first-order chi connectivity index (χ1) is 12.3. The van der Waals surface area contributed by atoms with E-state index < -0.39 is 30.7 Å². The second kappa shape index (κ2) is 9.78. The summed E-state index contributed by atoms with van der Waals surface area (Å²) in [6, 6.07) is 9.54. The molecule has 1 saturated heterocycles. The molecule has 0 spiro atoms. The van der Waals surface area contributed by atoms with Crippen LogP contribution in [0.4, 0.5) is 0 Å². The maximum Gasteiger partial charge on any atom is 0.187 e. The molecular formula is C20H32O6. The molecule has 3 N–H and O–H groups in total. The van der Waals surface area contributed by atoms with Gasteiger partial charge in [0.25, 0.3) is 0 Å². The van der Waals surface area contributed by atoms with Crippen LogP contribution in [0.3, 0.4) is 0 Å². The summed E-state index contributed by atoms with van der Waals surface area (Å²) in [5.74, 6) is 0. The van der Waals surface area contributed by atoms with Crippen molar-refractivity contribution < 1.29 is 29.5 Å². The average Bonchev–Trinajstić information content (AvgIpc) is 2.60. The predicted molar refractivity (Wildman–Crippen MR) is 97.4 cm³/mol. The van der Waals surface area contributed by atoms with Crippen molar-refractivity contribution in [1.29, 1.82) is 0 Å². The molecule has 0 aliphatic carbocycles. The van der Waals surface area contributed by atoms with Crippen molar-refractivity contribution in [3.8, 4) is 0 Å². The summed E-state index contributed by atoms with van der Waals surface area (Å²) in [6.07, 6.45) is -3.14. The molecule has 1 aliphatic rings. The zero-order valence-electron chi connectivity index (χ0n) is 15.9. The number of hydrogen-bond donors (Lipinski definition) is 3. The van der Waals surface area contributed by atoms with Crippen molar-refractivity contribution in [2.24, 2.45) is 5.41 Å². The van der Waals surface area contributed by atoms with Crippen molar-refractivity contribution in [3.05, 3.63) is 35.9 Å². The number of aliphatic hydroxyl groups excluding tert-OH is 3. The van der Waals surface area contributed by atoms with Gasteiger partial charge in [-0.3, -0.25) is 0 Å². The summed E-state index contributed by atoms with van der Waals surface area (Å²) in [5, 5.41) is 30.3. The zero-order chi connectivity index (χ0) is 19.2. The Kier molecular flexibility index (Phi) is 8.01. The van der Waals surface area contributed by atoms with Gasteiger partial charge in [0.05, 0.1) is 13.2 Å². The lowest BCUT2D eigenvalue weighted by Gasteiger charge is -2.41. The molecule has 0 amide bonds. The Labute approximate surface area is 155 Å². The molecule has 0 unspecified atom stereocenters. The third-order valence-corrected chi connectivity index (χ3v) is 4.46. The van der Waals surface area contributed by atoms with Crippen molar-refractivity contribution in [2.45, 2.75) is 70.9 Å². The minimum atomic E-state index is -1.13. The zero-order valence-corrected chi connectivity index (χ0v) is 15.9. The van der Waals surface area contributed by atoms with Gasteiger partial charge >= 0.3 is 0 Å². The Morgan fingerprint density at radius 2 is 1.73 bits per heavy atom. The Morgan fingerprint density at radius 3 is 2.35 bits per heavy atom. The van der Waals surface area contributed by atoms with Crippen LogP contribution in [0.2, 0.25) is 0 Å². The van der Waals surface area contributed by atoms with E-state index in [0.717, 1.165) is 18.4 Å². The summed E-state index contributed by atoms with van der Waals surface area (Å²) in [4.78, 5) is 0. The molecule has 2 rings (SSSR count). The van der Waals surface area contributed by atoms with E-state index in [1.807, 2.05) is 30.3 Å². The van der Waals surface area contributed by atoms with Gasteiger partial charge in [-0.2, -0.15) is 0 Å². The van der Waals surface area contributed by atoms with Crippen LogP contribution in [0.15, 0.2) is 30.3 Å². The number of hydrogen-bond acceptors (Lipinski definition) is 6. The molecule has 26 heavy (non-hydrogen) atoms. The third kappa shape index (κ3) is 6.30. The van der Waals surface area contributed by atoms with Gasteiger partial charge in [-0.05, 0) is 23.8 Å². The van der Waals surface area contributed by atoms with E-state index in [1.165, 1.54) is 0 Å². The Balaban J connectivity index is 1.92. The maximum absolute atomic E-state index is 10.5. The fourth-order valence-electron chi connectivity index (χ4n) is 2.96. The first kappa shape index (κ1) is 21.3. The highest BCUT2D eigenvalue weighted by Crippen LogP contribution is 2.26. The van der Waals surface area contributed by atoms with E-state index in [1.54, 1.807) is 0 Å². The van der Waals surface area contributed by atoms with Crippen molar-refractivity contribution >= 4 is 0 Å². The molecule has 6 nitrogen and oxygen atoms in total. The second-order valence-corrected chi connectivity index (χ2v) is 8.00. The van der Waals surface area contributed by atoms with E-state index in [0.29, 0.717) is 6.61 Å². The number of ether oxygens (including phenoxy) is 3. The topological polar surface area (TPSA) is 88.4 Å². The molecule has 1 aliphatic heterocycles. The summed E-state index contributed by atoms with van der Waals surface area (Å²) >= 11 is 0. The first-order valence-electron chi connectivity index (χ1n) is 9.21. The van der Waals surface area contributed by atoms with Gasteiger partial charge in [0.1, 0.15) is 24.4 Å². The van der Waals surface area contributed by atoms with Crippen LogP contribution in [-0.4, -0.2) is 59.2 Å². The van der Waals surface area contributed by atoms with Crippen molar-refractivity contribution in [1.82, 2.24) is 0 Å². The molecular weight excluding hydrogens is 336 g/mol. The van der Waals surface area contributed by atoms with E-state index in [9.17, 15) is 15.3 Å². The largest absolute Gasteiger partial charge is 0.394 e. The van der Waals surface area contributed by atoms with Crippen LogP contribution in [-0.2, 0) is 20.8 Å². The maximum atomic E-state index is 10.5. The van der Waals surface area contributed by atoms with Gasteiger partial charge in [-0.1, -0.05) is 51.1 Å². The van der Waals surface area contributed by atoms with E-state index in [2.05, 4.69) is 20.8 Å². The summed E-state index contributed by atoms with van der Waals surface area (Å²) < 4.78 is 16.9. The smallest absolute Gasteiger partial charge is 0.187 e. The molecule has 6 heteroatoms. The molecule has 0 aromatic heterocycles. The highest BCUT2D eigenvalue weighted by Gasteiger charge is 2.45. The van der Waals surface area contributed by atoms with Crippen LogP contribution in [0, 0.1) is 5.41 Å². The lowest BCUT2D eigenvalue weighted by Crippen LogP contribution is -2.60. The number of rotatable bonds is 8. The number of aliphatic hydroxyl groups is 3. The molecule has 0 bridgehead atoms. The SMILES string of the molecule is CC(C)(C)CCCO[C@@H]1[C@@H](O)[C@@H](OCc2ccccc2)O[C@H](CO)[C@H]1O. The van der Waals surface area contributed by atoms with Gasteiger partial charge in [0.2, 0.25) is 0 Å². The quantitative estimate of drug-likeness (QED) is 0.607. The van der Waals surface area contributed by atoms with Crippen molar-refractivity contribution in [2.75, 3.05) is 13.2 Å². The highest BCUT2D eigenvalue weighted by molar-refractivity contribution is 5.13. The molecule has 148 valence electrons. The van der Waals surface area contributed by atoms with Crippen molar-refractivity contribution in [3.63, 3.8) is 0 Å². The van der Waals surface area contributed by atoms with Gasteiger partial charge in [0, 0.05) is 6.61 Å². The molecule has 0 saturated carbocycles. The summed E-state index contributed by atoms with van der Waals surface area (Å²) in [6.45, 7) is 6.76. The van der Waals surface area contributed by atoms with Crippen LogP contribution < -0.4 is 0 Å². The minimum Gasteiger partial charge on any atom is -0.394 e. The first-order valence-corrected chi connectivity index (χ1v) is 9.21. The van der Waals surface area contributed by atoms with Crippen LogP contribution in [0.5, 0.6) is 0 Å². The molecule has 5 atom stereocenters. The normalized spacial score (nSPS) is 29.7. The standard InChI is InChI=1S/C20H32O6/c1-20(2,3)10-7-11-24-18-16(22)15(12-21)26-19(17(18)23)25-13-14-8-5-4-6-9-14/h4-6,8-9,15-19,21-23H,7,10-13H2,1-3H3/t15-,16-,17-,18+,19+/m1/s1. The minimum absolute atomic E-state index is 0.200. The summed E-state index contributed by atoms with van der Waals surface area (Å²) in [7, 11) is 0. The molecule has 1 heterocycles. The van der Waals surface area contributed by atoms with Gasteiger partial charge in [0.15, 0.2) is 6.29 Å². The van der Waals surface area contributed by atoms with Gasteiger partial charge < -0.3 is 29.5 Å². The molecule has 1 fully saturated rings. The molecule has 1 aromatic rings. The monoisotopic (exact) mass is 368 g/mol. The van der Waals surface area contributed by atoms with Gasteiger partial charge in [-0.15, -0.1) is 0 Å². The van der Waals surface area contributed by atoms with E-state index in [4.69, 9.17) is 14.2 Å². The lowest BCUT2D eigenvalue weighted by molar-refractivity contribution is -0.310. The second-order valence-electron chi connectivity index (χ2n) is 8.00. The Morgan fingerprint density at radius 1 is 1.04 bits per heavy atom. The Bertz CT molecular complexity index is 515.